The molecule has 0 fully saturated rings. The number of anilines is 1. The minimum atomic E-state index is -0.484. The van der Waals surface area contributed by atoms with E-state index in [0.29, 0.717) is 24.6 Å². The van der Waals surface area contributed by atoms with Crippen LogP contribution in [0.15, 0.2) is 42.5 Å². The van der Waals surface area contributed by atoms with Crippen LogP contribution >= 0.6 is 0 Å². The molecule has 2 N–H and O–H groups in total. The molecule has 152 valence electrons. The summed E-state index contributed by atoms with van der Waals surface area (Å²) in [7, 11) is 0. The molecular weight excluding hydrogens is 362 g/mol. The molecule has 1 atom stereocenters. The van der Waals surface area contributed by atoms with E-state index in [9.17, 15) is 4.79 Å². The van der Waals surface area contributed by atoms with Crippen LogP contribution in [0.5, 0.6) is 0 Å². The molecule has 2 aromatic rings. The number of amides is 1. The maximum atomic E-state index is 12.0. The Morgan fingerprint density at radius 2 is 2.07 bits per heavy atom. The van der Waals surface area contributed by atoms with Gasteiger partial charge in [0.25, 0.3) is 0 Å². The Balaban J connectivity index is 1.61. The van der Waals surface area contributed by atoms with Gasteiger partial charge in [-0.2, -0.15) is 5.26 Å². The topological polar surface area (TPSA) is 74.2 Å². The van der Waals surface area contributed by atoms with Crippen molar-refractivity contribution in [1.29, 1.82) is 5.26 Å². The lowest BCUT2D eigenvalue weighted by molar-refractivity contribution is 0.0523. The monoisotopic (exact) mass is 391 g/mol. The molecule has 1 aliphatic carbocycles. The lowest BCUT2D eigenvalue weighted by Crippen LogP contribution is -2.35. The van der Waals surface area contributed by atoms with Crippen molar-refractivity contribution in [2.75, 3.05) is 11.9 Å². The van der Waals surface area contributed by atoms with E-state index in [1.165, 1.54) is 11.1 Å². The first kappa shape index (κ1) is 20.7. The first-order valence-corrected chi connectivity index (χ1v) is 10.2. The van der Waals surface area contributed by atoms with Crippen LogP contribution in [0.3, 0.4) is 0 Å². The summed E-state index contributed by atoms with van der Waals surface area (Å²) in [6.45, 7) is 6.88. The van der Waals surface area contributed by atoms with Crippen molar-refractivity contribution in [3.05, 3.63) is 64.7 Å². The molecule has 0 saturated carbocycles. The Labute approximate surface area is 173 Å². The van der Waals surface area contributed by atoms with Gasteiger partial charge >= 0.3 is 6.09 Å². The average molecular weight is 392 g/mol. The summed E-state index contributed by atoms with van der Waals surface area (Å²) in [5, 5.41) is 15.4. The third-order valence-corrected chi connectivity index (χ3v) is 5.03. The highest BCUT2D eigenvalue weighted by Crippen LogP contribution is 2.33. The van der Waals surface area contributed by atoms with Gasteiger partial charge in [0.05, 0.1) is 11.6 Å². The molecular formula is C24H29N3O2. The van der Waals surface area contributed by atoms with Gasteiger partial charge in [0.2, 0.25) is 0 Å². The quantitative estimate of drug-likeness (QED) is 0.742. The van der Waals surface area contributed by atoms with Crippen LogP contribution in [-0.4, -0.2) is 18.2 Å². The second-order valence-corrected chi connectivity index (χ2v) is 8.55. The zero-order chi connectivity index (χ0) is 20.9. The number of nitriles is 1. The fourth-order valence-corrected chi connectivity index (χ4v) is 3.71. The fraction of sp³-hybridized carbons (Fsp3) is 0.417. The van der Waals surface area contributed by atoms with Gasteiger partial charge in [0, 0.05) is 24.7 Å². The van der Waals surface area contributed by atoms with E-state index < -0.39 is 5.60 Å². The molecule has 5 nitrogen and oxygen atoms in total. The number of rotatable bonds is 5. The Morgan fingerprint density at radius 1 is 1.24 bits per heavy atom. The number of fused-ring (bicyclic) bond motifs is 1. The molecule has 3 rings (SSSR count). The van der Waals surface area contributed by atoms with Gasteiger partial charge in [-0.1, -0.05) is 18.2 Å². The molecule has 0 saturated heterocycles. The van der Waals surface area contributed by atoms with Crippen molar-refractivity contribution in [3.63, 3.8) is 0 Å². The SMILES string of the molecule is CC(C)(C)OC(=O)NC[C@@H]1CCCc2cc(NCc3cccc(C#N)c3)ccc21. The van der Waals surface area contributed by atoms with Crippen LogP contribution in [0.1, 0.15) is 61.8 Å². The fourth-order valence-electron chi connectivity index (χ4n) is 3.71. The molecule has 29 heavy (non-hydrogen) atoms. The number of carbonyl (C=O) groups is 1. The van der Waals surface area contributed by atoms with Gasteiger partial charge in [-0.3, -0.25) is 0 Å². The number of benzene rings is 2. The number of hydrogen-bond acceptors (Lipinski definition) is 4. The van der Waals surface area contributed by atoms with E-state index in [1.807, 2.05) is 45.0 Å². The first-order valence-electron chi connectivity index (χ1n) is 10.2. The summed E-state index contributed by atoms with van der Waals surface area (Å²) in [6, 6.07) is 16.3. The third kappa shape index (κ3) is 5.99. The predicted molar refractivity (Wildman–Crippen MR) is 115 cm³/mol. The Hall–Kier alpha value is -3.00. The molecule has 0 bridgehead atoms. The van der Waals surface area contributed by atoms with Gasteiger partial charge in [0.15, 0.2) is 0 Å². The summed E-state index contributed by atoms with van der Waals surface area (Å²) in [4.78, 5) is 12.0. The van der Waals surface area contributed by atoms with Gasteiger partial charge in [0.1, 0.15) is 5.60 Å². The standard InChI is InChI=1S/C24H29N3O2/c1-24(2,3)29-23(28)27-16-20-9-5-8-19-13-21(10-11-22(19)20)26-15-18-7-4-6-17(12-18)14-25/h4,6-7,10-13,20,26H,5,8-9,15-16H2,1-3H3,(H,27,28)/t20-/m0/s1. The normalized spacial score (nSPS) is 15.7. The second-order valence-electron chi connectivity index (χ2n) is 8.55. The first-order chi connectivity index (χ1) is 13.8. The van der Waals surface area contributed by atoms with Crippen molar-refractivity contribution in [2.45, 2.75) is 58.1 Å². The van der Waals surface area contributed by atoms with Crippen LogP contribution in [0, 0.1) is 11.3 Å². The Morgan fingerprint density at radius 3 is 2.83 bits per heavy atom. The van der Waals surface area contributed by atoms with Crippen molar-refractivity contribution < 1.29 is 9.53 Å². The Kier molecular flexibility index (Phi) is 6.43. The van der Waals surface area contributed by atoms with Crippen LogP contribution < -0.4 is 10.6 Å². The highest BCUT2D eigenvalue weighted by molar-refractivity contribution is 5.67. The van der Waals surface area contributed by atoms with Gasteiger partial charge < -0.3 is 15.4 Å². The molecule has 0 aliphatic heterocycles. The van der Waals surface area contributed by atoms with E-state index in [1.54, 1.807) is 0 Å². The van der Waals surface area contributed by atoms with Crippen LogP contribution in [0.2, 0.25) is 0 Å². The largest absolute Gasteiger partial charge is 0.444 e. The number of ether oxygens (including phenoxy) is 1. The summed E-state index contributed by atoms with van der Waals surface area (Å²) in [6.07, 6.45) is 2.87. The summed E-state index contributed by atoms with van der Waals surface area (Å²) in [5.41, 5.74) is 5.00. The molecule has 0 heterocycles. The molecule has 5 heteroatoms. The van der Waals surface area contributed by atoms with Gasteiger partial charge in [-0.25, -0.2) is 4.79 Å². The number of carbonyl (C=O) groups excluding carboxylic acids is 1. The molecule has 1 amide bonds. The number of aryl methyl sites for hydroxylation is 1. The average Bonchev–Trinajstić information content (AvgIpc) is 2.69. The molecule has 0 radical (unpaired) electrons. The van der Waals surface area contributed by atoms with Gasteiger partial charge in [-0.05, 0) is 81.0 Å². The third-order valence-electron chi connectivity index (χ3n) is 5.03. The molecule has 0 spiro atoms. The zero-order valence-corrected chi connectivity index (χ0v) is 17.4. The van der Waals surface area contributed by atoms with Crippen molar-refractivity contribution in [2.24, 2.45) is 0 Å². The number of hydrogen-bond donors (Lipinski definition) is 2. The van der Waals surface area contributed by atoms with E-state index >= 15 is 0 Å². The van der Waals surface area contributed by atoms with E-state index in [2.05, 4.69) is 34.9 Å². The lowest BCUT2D eigenvalue weighted by atomic mass is 9.82. The summed E-state index contributed by atoms with van der Waals surface area (Å²) < 4.78 is 5.35. The predicted octanol–water partition coefficient (Wildman–Crippen LogP) is 5.11. The molecule has 0 aromatic heterocycles. The summed E-state index contributed by atoms with van der Waals surface area (Å²) >= 11 is 0. The number of nitrogens with one attached hydrogen (secondary N) is 2. The number of nitrogens with zero attached hydrogens (tertiary/aromatic N) is 1. The highest BCUT2D eigenvalue weighted by atomic mass is 16.6. The molecule has 0 unspecified atom stereocenters. The smallest absolute Gasteiger partial charge is 0.407 e. The van der Waals surface area contributed by atoms with Crippen LogP contribution in [-0.2, 0) is 17.7 Å². The maximum Gasteiger partial charge on any atom is 0.407 e. The Bertz CT molecular complexity index is 909. The summed E-state index contributed by atoms with van der Waals surface area (Å²) in [5.74, 6) is 0.313. The van der Waals surface area contributed by atoms with Crippen molar-refractivity contribution in [3.8, 4) is 6.07 Å². The second kappa shape index (κ2) is 9.00. The van der Waals surface area contributed by atoms with Gasteiger partial charge in [-0.15, -0.1) is 0 Å². The number of alkyl carbamates (subject to hydrolysis) is 1. The van der Waals surface area contributed by atoms with E-state index in [4.69, 9.17) is 10.00 Å². The minimum absolute atomic E-state index is 0.313. The maximum absolute atomic E-state index is 12.0. The molecule has 2 aromatic carbocycles. The van der Waals surface area contributed by atoms with Crippen LogP contribution in [0.25, 0.3) is 0 Å². The van der Waals surface area contributed by atoms with E-state index in [0.717, 1.165) is 30.5 Å². The zero-order valence-electron chi connectivity index (χ0n) is 17.4. The molecule has 1 aliphatic rings. The highest BCUT2D eigenvalue weighted by Gasteiger charge is 2.22. The van der Waals surface area contributed by atoms with Crippen LogP contribution in [0.4, 0.5) is 10.5 Å². The minimum Gasteiger partial charge on any atom is -0.444 e. The van der Waals surface area contributed by atoms with Crippen molar-refractivity contribution in [1.82, 2.24) is 5.32 Å². The lowest BCUT2D eigenvalue weighted by Gasteiger charge is -2.27. The van der Waals surface area contributed by atoms with Crippen molar-refractivity contribution >= 4 is 11.8 Å². The van der Waals surface area contributed by atoms with E-state index in [-0.39, 0.29) is 6.09 Å².